The van der Waals surface area contributed by atoms with Gasteiger partial charge in [0.1, 0.15) is 11.7 Å². The van der Waals surface area contributed by atoms with E-state index in [1.807, 2.05) is 19.1 Å². The summed E-state index contributed by atoms with van der Waals surface area (Å²) in [6.45, 7) is 1.95. The molecule has 1 atom stereocenters. The molecule has 2 amide bonds. The van der Waals surface area contributed by atoms with Crippen LogP contribution in [-0.4, -0.2) is 6.03 Å². The standard InChI is InChI=1S/C12H11N3O3/c1-6-2-3-9-7(4-6)8(5-10(16)18-9)11-13-12(17)15-14-11/h2-5,11,14H,1H3,(H2,13,15,17). The Kier molecular flexibility index (Phi) is 2.31. The highest BCUT2D eigenvalue weighted by Gasteiger charge is 2.23. The quantitative estimate of drug-likeness (QED) is 0.652. The van der Waals surface area contributed by atoms with Gasteiger partial charge in [-0.05, 0) is 19.1 Å². The second-order valence-electron chi connectivity index (χ2n) is 4.20. The molecule has 1 aliphatic heterocycles. The second kappa shape index (κ2) is 3.85. The molecule has 92 valence electrons. The fourth-order valence-electron chi connectivity index (χ4n) is 2.04. The van der Waals surface area contributed by atoms with Gasteiger partial charge in [0.05, 0.1) is 0 Å². The van der Waals surface area contributed by atoms with Crippen LogP contribution >= 0.6 is 0 Å². The first-order valence-corrected chi connectivity index (χ1v) is 5.50. The van der Waals surface area contributed by atoms with E-state index in [4.69, 9.17) is 4.42 Å². The van der Waals surface area contributed by atoms with Crippen molar-refractivity contribution in [3.8, 4) is 0 Å². The average molecular weight is 245 g/mol. The van der Waals surface area contributed by atoms with Crippen LogP contribution in [0.3, 0.4) is 0 Å². The summed E-state index contributed by atoms with van der Waals surface area (Å²) in [5.74, 6) is 0. The lowest BCUT2D eigenvalue weighted by molar-refractivity contribution is 0.247. The Labute approximate surface area is 102 Å². The molecule has 6 nitrogen and oxygen atoms in total. The summed E-state index contributed by atoms with van der Waals surface area (Å²) in [4.78, 5) is 22.6. The summed E-state index contributed by atoms with van der Waals surface area (Å²) in [5, 5.41) is 3.47. The molecule has 0 bridgehead atoms. The minimum atomic E-state index is -0.440. The van der Waals surface area contributed by atoms with Gasteiger partial charge in [-0.25, -0.2) is 15.0 Å². The van der Waals surface area contributed by atoms with Crippen LogP contribution in [0, 0.1) is 6.92 Å². The predicted molar refractivity (Wildman–Crippen MR) is 64.8 cm³/mol. The Balaban J connectivity index is 2.23. The molecule has 1 aromatic heterocycles. The van der Waals surface area contributed by atoms with E-state index in [1.165, 1.54) is 6.07 Å². The number of urea groups is 1. The van der Waals surface area contributed by atoms with E-state index in [9.17, 15) is 9.59 Å². The van der Waals surface area contributed by atoms with Crippen LogP contribution in [-0.2, 0) is 0 Å². The monoisotopic (exact) mass is 245 g/mol. The van der Waals surface area contributed by atoms with Crippen molar-refractivity contribution in [2.24, 2.45) is 0 Å². The van der Waals surface area contributed by atoms with Crippen LogP contribution in [0.2, 0.25) is 0 Å². The van der Waals surface area contributed by atoms with Crippen molar-refractivity contribution in [1.82, 2.24) is 16.2 Å². The molecule has 3 rings (SSSR count). The molecule has 6 heteroatoms. The maximum atomic E-state index is 11.5. The SMILES string of the molecule is Cc1ccc2oc(=O)cc(C3NNC(=O)N3)c2c1. The molecule has 1 saturated heterocycles. The highest BCUT2D eigenvalue weighted by Crippen LogP contribution is 2.23. The number of hydrogen-bond acceptors (Lipinski definition) is 4. The number of hydrogen-bond donors (Lipinski definition) is 3. The largest absolute Gasteiger partial charge is 0.423 e. The summed E-state index contributed by atoms with van der Waals surface area (Å²) in [5.41, 5.74) is 7.00. The van der Waals surface area contributed by atoms with Gasteiger partial charge in [0.15, 0.2) is 0 Å². The molecule has 0 spiro atoms. The van der Waals surface area contributed by atoms with Crippen LogP contribution in [0.25, 0.3) is 11.0 Å². The molecule has 18 heavy (non-hydrogen) atoms. The summed E-state index contributed by atoms with van der Waals surface area (Å²) in [7, 11) is 0. The van der Waals surface area contributed by atoms with E-state index in [-0.39, 0.29) is 6.03 Å². The highest BCUT2D eigenvalue weighted by molar-refractivity contribution is 5.83. The van der Waals surface area contributed by atoms with E-state index in [2.05, 4.69) is 16.2 Å². The molecule has 0 aliphatic carbocycles. The summed E-state index contributed by atoms with van der Waals surface area (Å²) < 4.78 is 5.13. The zero-order valence-corrected chi connectivity index (χ0v) is 9.61. The van der Waals surface area contributed by atoms with E-state index in [0.29, 0.717) is 11.1 Å². The first-order chi connectivity index (χ1) is 8.63. The minimum Gasteiger partial charge on any atom is -0.423 e. The number of amides is 2. The summed E-state index contributed by atoms with van der Waals surface area (Å²) in [6, 6.07) is 6.59. The Bertz CT molecular complexity index is 693. The third kappa shape index (κ3) is 1.72. The second-order valence-corrected chi connectivity index (χ2v) is 4.20. The van der Waals surface area contributed by atoms with Gasteiger partial charge in [0, 0.05) is 17.0 Å². The zero-order valence-electron chi connectivity index (χ0n) is 9.61. The number of aryl methyl sites for hydroxylation is 1. The average Bonchev–Trinajstić information content (AvgIpc) is 2.75. The molecular formula is C12H11N3O3. The van der Waals surface area contributed by atoms with Crippen molar-refractivity contribution in [2.45, 2.75) is 13.1 Å². The Morgan fingerprint density at radius 1 is 1.22 bits per heavy atom. The molecular weight excluding hydrogens is 234 g/mol. The van der Waals surface area contributed by atoms with Crippen molar-refractivity contribution in [1.29, 1.82) is 0 Å². The van der Waals surface area contributed by atoms with Gasteiger partial charge in [-0.15, -0.1) is 0 Å². The van der Waals surface area contributed by atoms with Gasteiger partial charge < -0.3 is 9.73 Å². The normalized spacial score (nSPS) is 18.7. The maximum absolute atomic E-state index is 11.5. The molecule has 0 radical (unpaired) electrons. The Morgan fingerprint density at radius 2 is 2.06 bits per heavy atom. The van der Waals surface area contributed by atoms with Crippen LogP contribution in [0.1, 0.15) is 17.3 Å². The first kappa shape index (κ1) is 10.8. The number of benzene rings is 1. The molecule has 2 heterocycles. The van der Waals surface area contributed by atoms with Gasteiger partial charge in [-0.3, -0.25) is 5.43 Å². The number of rotatable bonds is 1. The molecule has 0 saturated carbocycles. The van der Waals surface area contributed by atoms with Crippen molar-refractivity contribution in [3.05, 3.63) is 45.8 Å². The van der Waals surface area contributed by atoms with Crippen molar-refractivity contribution in [2.75, 3.05) is 0 Å². The van der Waals surface area contributed by atoms with Crippen LogP contribution in [0.5, 0.6) is 0 Å². The van der Waals surface area contributed by atoms with Crippen LogP contribution in [0.4, 0.5) is 4.79 Å². The van der Waals surface area contributed by atoms with Gasteiger partial charge >= 0.3 is 11.7 Å². The van der Waals surface area contributed by atoms with Gasteiger partial charge in [-0.1, -0.05) is 11.6 Å². The topological polar surface area (TPSA) is 83.4 Å². The van der Waals surface area contributed by atoms with Crippen LogP contribution in [0.15, 0.2) is 33.5 Å². The number of fused-ring (bicyclic) bond motifs is 1. The summed E-state index contributed by atoms with van der Waals surface area (Å²) >= 11 is 0. The molecule has 2 aromatic rings. The highest BCUT2D eigenvalue weighted by atomic mass is 16.4. The maximum Gasteiger partial charge on any atom is 0.336 e. The molecule has 1 aromatic carbocycles. The number of nitrogens with one attached hydrogen (secondary N) is 3. The van der Waals surface area contributed by atoms with Gasteiger partial charge in [0.2, 0.25) is 0 Å². The van der Waals surface area contributed by atoms with E-state index >= 15 is 0 Å². The lowest BCUT2D eigenvalue weighted by atomic mass is 10.1. The van der Waals surface area contributed by atoms with Crippen LogP contribution < -0.4 is 21.8 Å². The lowest BCUT2D eigenvalue weighted by Crippen LogP contribution is -2.27. The Morgan fingerprint density at radius 3 is 2.78 bits per heavy atom. The van der Waals surface area contributed by atoms with Gasteiger partial charge in [0.25, 0.3) is 0 Å². The minimum absolute atomic E-state index is 0.325. The third-order valence-corrected chi connectivity index (χ3v) is 2.85. The number of carbonyl (C=O) groups is 1. The van der Waals surface area contributed by atoms with Crippen molar-refractivity contribution in [3.63, 3.8) is 0 Å². The first-order valence-electron chi connectivity index (χ1n) is 5.50. The lowest BCUT2D eigenvalue weighted by Gasteiger charge is -2.11. The fraction of sp³-hybridized carbons (Fsp3) is 0.167. The number of hydrazine groups is 1. The molecule has 1 aliphatic rings. The smallest absolute Gasteiger partial charge is 0.336 e. The number of carbonyl (C=O) groups excluding carboxylic acids is 1. The van der Waals surface area contributed by atoms with Gasteiger partial charge in [-0.2, -0.15) is 0 Å². The fourth-order valence-corrected chi connectivity index (χ4v) is 2.04. The van der Waals surface area contributed by atoms with Crippen molar-refractivity contribution < 1.29 is 9.21 Å². The van der Waals surface area contributed by atoms with Crippen molar-refractivity contribution >= 4 is 17.0 Å². The Hall–Kier alpha value is -2.34. The zero-order chi connectivity index (χ0) is 12.7. The molecule has 3 N–H and O–H groups in total. The van der Waals surface area contributed by atoms with E-state index < -0.39 is 11.8 Å². The third-order valence-electron chi connectivity index (χ3n) is 2.85. The van der Waals surface area contributed by atoms with E-state index in [0.717, 1.165) is 10.9 Å². The van der Waals surface area contributed by atoms with E-state index in [1.54, 1.807) is 6.07 Å². The molecule has 1 fully saturated rings. The molecule has 1 unspecified atom stereocenters. The predicted octanol–water partition coefficient (Wildman–Crippen LogP) is 0.917. The summed E-state index contributed by atoms with van der Waals surface area (Å²) in [6.07, 6.45) is -0.439.